The summed E-state index contributed by atoms with van der Waals surface area (Å²) in [5.74, 6) is 0.661. The van der Waals surface area contributed by atoms with Crippen molar-refractivity contribution in [2.24, 2.45) is 5.92 Å². The van der Waals surface area contributed by atoms with E-state index >= 15 is 0 Å². The van der Waals surface area contributed by atoms with Crippen LogP contribution in [0.25, 0.3) is 0 Å². The van der Waals surface area contributed by atoms with Crippen molar-refractivity contribution in [2.45, 2.75) is 39.2 Å². The number of hydrogen-bond acceptors (Lipinski definition) is 3. The first-order valence-electron chi connectivity index (χ1n) is 10.0. The van der Waals surface area contributed by atoms with E-state index in [0.29, 0.717) is 12.3 Å². The van der Waals surface area contributed by atoms with Gasteiger partial charge in [0.05, 0.1) is 0 Å². The smallest absolute Gasteiger partial charge is 0.226 e. The number of carbonyl (C=O) groups excluding carboxylic acids is 1. The zero-order valence-corrected chi connectivity index (χ0v) is 16.5. The number of likely N-dealkylation sites (tertiary alicyclic amines) is 1. The molecule has 144 valence electrons. The van der Waals surface area contributed by atoms with Crippen molar-refractivity contribution in [3.05, 3.63) is 60.2 Å². The topological polar surface area (TPSA) is 49.6 Å². The zero-order chi connectivity index (χ0) is 19.2. The van der Waals surface area contributed by atoms with E-state index in [4.69, 9.17) is 5.73 Å². The van der Waals surface area contributed by atoms with Crippen molar-refractivity contribution >= 4 is 17.3 Å². The van der Waals surface area contributed by atoms with Crippen molar-refractivity contribution in [2.75, 3.05) is 30.3 Å². The predicted octanol–water partition coefficient (Wildman–Crippen LogP) is 3.96. The van der Waals surface area contributed by atoms with Gasteiger partial charge in [0.15, 0.2) is 0 Å². The highest BCUT2D eigenvalue weighted by molar-refractivity contribution is 5.93. The largest absolute Gasteiger partial charge is 0.399 e. The van der Waals surface area contributed by atoms with Gasteiger partial charge < -0.3 is 15.5 Å². The average molecular weight is 366 g/mol. The monoisotopic (exact) mass is 365 g/mol. The van der Waals surface area contributed by atoms with E-state index < -0.39 is 0 Å². The number of nitrogens with zero attached hydrogens (tertiary/aromatic N) is 2. The lowest BCUT2D eigenvalue weighted by atomic mass is 9.91. The van der Waals surface area contributed by atoms with E-state index in [2.05, 4.69) is 24.0 Å². The molecular weight excluding hydrogens is 334 g/mol. The average Bonchev–Trinajstić information content (AvgIpc) is 2.70. The Bertz CT molecular complexity index is 729. The summed E-state index contributed by atoms with van der Waals surface area (Å²) in [6.07, 6.45) is 2.59. The Morgan fingerprint density at radius 1 is 1.15 bits per heavy atom. The van der Waals surface area contributed by atoms with Gasteiger partial charge in [0.25, 0.3) is 0 Å². The van der Waals surface area contributed by atoms with E-state index in [-0.39, 0.29) is 11.9 Å². The Hall–Kier alpha value is -2.33. The number of piperidine rings is 1. The molecule has 1 aliphatic heterocycles. The SMILES string of the molecule is CCC(=O)N(c1ccccc1)[C@H]1CCN(CCc2ccc(N)cc2)C[C@H]1C. The molecule has 2 aromatic carbocycles. The first-order chi connectivity index (χ1) is 13.1. The van der Waals surface area contributed by atoms with E-state index in [9.17, 15) is 4.79 Å². The number of para-hydroxylation sites is 1. The van der Waals surface area contributed by atoms with Gasteiger partial charge in [0, 0.05) is 43.5 Å². The molecule has 3 rings (SSSR count). The molecule has 4 heteroatoms. The van der Waals surface area contributed by atoms with Crippen LogP contribution in [0.2, 0.25) is 0 Å². The van der Waals surface area contributed by atoms with Crippen molar-refractivity contribution in [1.29, 1.82) is 0 Å². The minimum absolute atomic E-state index is 0.216. The second kappa shape index (κ2) is 9.05. The number of anilines is 2. The van der Waals surface area contributed by atoms with Gasteiger partial charge in [0.1, 0.15) is 0 Å². The molecule has 1 amide bonds. The van der Waals surface area contributed by atoms with Crippen molar-refractivity contribution in [3.63, 3.8) is 0 Å². The number of nitrogens with two attached hydrogens (primary N) is 1. The first kappa shape index (κ1) is 19.4. The summed E-state index contributed by atoms with van der Waals surface area (Å²) in [5.41, 5.74) is 8.93. The molecule has 0 saturated carbocycles. The van der Waals surface area contributed by atoms with Crippen LogP contribution < -0.4 is 10.6 Å². The Morgan fingerprint density at radius 2 is 1.85 bits per heavy atom. The minimum Gasteiger partial charge on any atom is -0.399 e. The van der Waals surface area contributed by atoms with Crippen LogP contribution in [0.1, 0.15) is 32.3 Å². The lowest BCUT2D eigenvalue weighted by molar-refractivity contribution is -0.119. The van der Waals surface area contributed by atoms with Crippen LogP contribution in [0.15, 0.2) is 54.6 Å². The fraction of sp³-hybridized carbons (Fsp3) is 0.435. The van der Waals surface area contributed by atoms with Crippen LogP contribution >= 0.6 is 0 Å². The Kier molecular flexibility index (Phi) is 6.51. The Labute approximate surface area is 163 Å². The molecule has 2 N–H and O–H groups in total. The number of nitrogen functional groups attached to an aromatic ring is 1. The van der Waals surface area contributed by atoms with Gasteiger partial charge in [-0.1, -0.05) is 44.2 Å². The van der Waals surface area contributed by atoms with Crippen molar-refractivity contribution < 1.29 is 4.79 Å². The molecule has 2 aromatic rings. The number of carbonyl (C=O) groups is 1. The Balaban J connectivity index is 1.62. The molecule has 1 saturated heterocycles. The summed E-state index contributed by atoms with van der Waals surface area (Å²) in [6.45, 7) is 7.34. The second-order valence-electron chi connectivity index (χ2n) is 7.58. The fourth-order valence-corrected chi connectivity index (χ4v) is 4.06. The summed E-state index contributed by atoms with van der Waals surface area (Å²) in [4.78, 5) is 17.2. The fourth-order valence-electron chi connectivity index (χ4n) is 4.06. The molecule has 0 spiro atoms. The molecule has 4 nitrogen and oxygen atoms in total. The normalized spacial score (nSPS) is 20.4. The summed E-state index contributed by atoms with van der Waals surface area (Å²) < 4.78 is 0. The predicted molar refractivity (Wildman–Crippen MR) is 113 cm³/mol. The van der Waals surface area contributed by atoms with Gasteiger partial charge in [0.2, 0.25) is 5.91 Å². The van der Waals surface area contributed by atoms with E-state index in [1.54, 1.807) is 0 Å². The zero-order valence-electron chi connectivity index (χ0n) is 16.5. The Morgan fingerprint density at radius 3 is 2.48 bits per heavy atom. The highest BCUT2D eigenvalue weighted by Gasteiger charge is 2.33. The highest BCUT2D eigenvalue weighted by atomic mass is 16.2. The van der Waals surface area contributed by atoms with E-state index in [1.807, 2.05) is 54.3 Å². The summed E-state index contributed by atoms with van der Waals surface area (Å²) in [6, 6.07) is 18.6. The van der Waals surface area contributed by atoms with Crippen LogP contribution in [0.5, 0.6) is 0 Å². The maximum Gasteiger partial charge on any atom is 0.226 e. The summed E-state index contributed by atoms with van der Waals surface area (Å²) >= 11 is 0. The highest BCUT2D eigenvalue weighted by Crippen LogP contribution is 2.28. The molecule has 0 aliphatic carbocycles. The third-order valence-corrected chi connectivity index (χ3v) is 5.58. The molecule has 1 fully saturated rings. The third kappa shape index (κ3) is 4.89. The van der Waals surface area contributed by atoms with E-state index in [1.165, 1.54) is 5.56 Å². The summed E-state index contributed by atoms with van der Waals surface area (Å²) in [5, 5.41) is 0. The quantitative estimate of drug-likeness (QED) is 0.788. The van der Waals surface area contributed by atoms with Gasteiger partial charge in [-0.3, -0.25) is 4.79 Å². The molecule has 27 heavy (non-hydrogen) atoms. The van der Waals surface area contributed by atoms with Gasteiger partial charge >= 0.3 is 0 Å². The van der Waals surface area contributed by atoms with Gasteiger partial charge in [-0.05, 0) is 48.6 Å². The van der Waals surface area contributed by atoms with Gasteiger partial charge in [-0.25, -0.2) is 0 Å². The van der Waals surface area contributed by atoms with Crippen LogP contribution in [0, 0.1) is 5.92 Å². The van der Waals surface area contributed by atoms with Crippen molar-refractivity contribution in [3.8, 4) is 0 Å². The standard InChI is InChI=1S/C23H31N3O/c1-3-23(27)26(21-7-5-4-6-8-21)22-14-16-25(17-18(22)2)15-13-19-9-11-20(24)12-10-19/h4-12,18,22H,3,13-17,24H2,1-2H3/t18-,22+/m1/s1. The lowest BCUT2D eigenvalue weighted by Gasteiger charge is -2.42. The minimum atomic E-state index is 0.216. The molecule has 0 unspecified atom stereocenters. The molecule has 0 radical (unpaired) electrons. The number of hydrogen-bond donors (Lipinski definition) is 1. The maximum absolute atomic E-state index is 12.7. The second-order valence-corrected chi connectivity index (χ2v) is 7.58. The van der Waals surface area contributed by atoms with Crippen LogP contribution in [-0.4, -0.2) is 36.5 Å². The maximum atomic E-state index is 12.7. The molecule has 1 aliphatic rings. The molecule has 0 bridgehead atoms. The van der Waals surface area contributed by atoms with Gasteiger partial charge in [-0.2, -0.15) is 0 Å². The number of rotatable bonds is 6. The van der Waals surface area contributed by atoms with Gasteiger partial charge in [-0.15, -0.1) is 0 Å². The van der Waals surface area contributed by atoms with Crippen molar-refractivity contribution in [1.82, 2.24) is 4.90 Å². The first-order valence-corrected chi connectivity index (χ1v) is 10.0. The molecule has 2 atom stereocenters. The lowest BCUT2D eigenvalue weighted by Crippen LogP contribution is -2.52. The van der Waals surface area contributed by atoms with Crippen LogP contribution in [0.4, 0.5) is 11.4 Å². The molecular formula is C23H31N3O. The molecule has 1 heterocycles. The number of benzene rings is 2. The number of amides is 1. The third-order valence-electron chi connectivity index (χ3n) is 5.58. The van der Waals surface area contributed by atoms with E-state index in [0.717, 1.165) is 43.9 Å². The van der Waals surface area contributed by atoms with Crippen LogP contribution in [-0.2, 0) is 11.2 Å². The summed E-state index contributed by atoms with van der Waals surface area (Å²) in [7, 11) is 0. The molecule has 0 aromatic heterocycles. The van der Waals surface area contributed by atoms with Crippen LogP contribution in [0.3, 0.4) is 0 Å².